The molecule has 0 radical (unpaired) electrons. The summed E-state index contributed by atoms with van der Waals surface area (Å²) < 4.78 is 15.9. The number of methoxy groups -OCH3 is 2. The molecule has 1 aliphatic heterocycles. The van der Waals surface area contributed by atoms with Gasteiger partial charge in [0.2, 0.25) is 5.91 Å². The number of rotatable bonds is 6. The van der Waals surface area contributed by atoms with Crippen LogP contribution in [0, 0.1) is 0 Å². The summed E-state index contributed by atoms with van der Waals surface area (Å²) >= 11 is 0. The molecule has 0 aliphatic carbocycles. The first-order valence-electron chi connectivity index (χ1n) is 10.0. The maximum Gasteiger partial charge on any atom is 0.290 e. The van der Waals surface area contributed by atoms with Crippen molar-refractivity contribution >= 4 is 11.8 Å². The van der Waals surface area contributed by atoms with Gasteiger partial charge in [-0.05, 0) is 41.0 Å². The molecule has 1 unspecified atom stereocenters. The average Bonchev–Trinajstić information content (AvgIpc) is 3.36. The lowest BCUT2D eigenvalue weighted by molar-refractivity contribution is -0.126. The third-order valence-corrected chi connectivity index (χ3v) is 5.46. The second-order valence-electron chi connectivity index (χ2n) is 7.31. The Bertz CT molecular complexity index is 1080. The minimum Gasteiger partial charge on any atom is -0.493 e. The first-order chi connectivity index (χ1) is 15.1. The van der Waals surface area contributed by atoms with Gasteiger partial charge in [0.05, 0.1) is 20.5 Å². The number of fused-ring (bicyclic) bond motifs is 1. The molecule has 2 heterocycles. The van der Waals surface area contributed by atoms with Crippen molar-refractivity contribution in [3.8, 4) is 11.5 Å². The van der Waals surface area contributed by atoms with Crippen LogP contribution in [-0.2, 0) is 24.3 Å². The van der Waals surface area contributed by atoms with Crippen LogP contribution in [0.5, 0.6) is 11.5 Å². The zero-order valence-electron chi connectivity index (χ0n) is 17.5. The molecule has 0 saturated carbocycles. The molecule has 1 N–H and O–H groups in total. The molecule has 31 heavy (non-hydrogen) atoms. The summed E-state index contributed by atoms with van der Waals surface area (Å²) in [6.07, 6.45) is 1.90. The highest BCUT2D eigenvalue weighted by molar-refractivity contribution is 5.96. The number of hydrogen-bond donors (Lipinski definition) is 1. The number of nitrogens with zero attached hydrogens (tertiary/aromatic N) is 1. The maximum atomic E-state index is 13.2. The minimum absolute atomic E-state index is 0.218. The van der Waals surface area contributed by atoms with Gasteiger partial charge in [-0.25, -0.2) is 0 Å². The van der Waals surface area contributed by atoms with E-state index in [9.17, 15) is 9.59 Å². The SMILES string of the molecule is COc1ccc(CNC(=O)C2Cc3ccccc3CN2C(=O)c2ccco2)cc1OC. The van der Waals surface area contributed by atoms with E-state index in [2.05, 4.69) is 5.32 Å². The number of hydrogen-bond acceptors (Lipinski definition) is 5. The summed E-state index contributed by atoms with van der Waals surface area (Å²) in [7, 11) is 3.14. The van der Waals surface area contributed by atoms with Gasteiger partial charge in [0.15, 0.2) is 17.3 Å². The Morgan fingerprint density at radius 3 is 2.52 bits per heavy atom. The lowest BCUT2D eigenvalue weighted by Crippen LogP contribution is -2.52. The van der Waals surface area contributed by atoms with Crippen molar-refractivity contribution in [1.29, 1.82) is 0 Å². The molecule has 7 nitrogen and oxygen atoms in total. The molecule has 1 aliphatic rings. The smallest absolute Gasteiger partial charge is 0.290 e. The highest BCUT2D eigenvalue weighted by Gasteiger charge is 2.35. The molecule has 0 saturated heterocycles. The molecular formula is C24H24N2O5. The molecule has 7 heteroatoms. The number of nitrogens with one attached hydrogen (secondary N) is 1. The van der Waals surface area contributed by atoms with Crippen molar-refractivity contribution < 1.29 is 23.5 Å². The van der Waals surface area contributed by atoms with Crippen LogP contribution in [0.1, 0.15) is 27.2 Å². The molecule has 1 aromatic heterocycles. The Labute approximate surface area is 180 Å². The molecule has 0 bridgehead atoms. The summed E-state index contributed by atoms with van der Waals surface area (Å²) in [5.74, 6) is 0.916. The summed E-state index contributed by atoms with van der Waals surface area (Å²) in [6.45, 7) is 0.657. The van der Waals surface area contributed by atoms with Gasteiger partial charge in [-0.3, -0.25) is 9.59 Å². The van der Waals surface area contributed by atoms with Crippen LogP contribution in [0.2, 0.25) is 0 Å². The zero-order valence-corrected chi connectivity index (χ0v) is 17.5. The molecular weight excluding hydrogens is 396 g/mol. The molecule has 3 aromatic rings. The van der Waals surface area contributed by atoms with Crippen molar-refractivity contribution in [3.63, 3.8) is 0 Å². The molecule has 1 atom stereocenters. The lowest BCUT2D eigenvalue weighted by Gasteiger charge is -2.35. The second kappa shape index (κ2) is 8.95. The van der Waals surface area contributed by atoms with Crippen LogP contribution in [0.3, 0.4) is 0 Å². The largest absolute Gasteiger partial charge is 0.493 e. The van der Waals surface area contributed by atoms with Crippen LogP contribution in [-0.4, -0.2) is 37.0 Å². The zero-order chi connectivity index (χ0) is 21.8. The van der Waals surface area contributed by atoms with Crippen molar-refractivity contribution in [3.05, 3.63) is 83.3 Å². The summed E-state index contributed by atoms with van der Waals surface area (Å²) in [4.78, 5) is 27.8. The topological polar surface area (TPSA) is 81.0 Å². The van der Waals surface area contributed by atoms with Crippen LogP contribution < -0.4 is 14.8 Å². The lowest BCUT2D eigenvalue weighted by atomic mass is 9.93. The Morgan fingerprint density at radius 1 is 1.03 bits per heavy atom. The van der Waals surface area contributed by atoms with E-state index in [-0.39, 0.29) is 17.6 Å². The maximum absolute atomic E-state index is 13.2. The number of carbonyl (C=O) groups is 2. The Balaban J connectivity index is 1.53. The highest BCUT2D eigenvalue weighted by Crippen LogP contribution is 2.28. The van der Waals surface area contributed by atoms with Gasteiger partial charge in [0.1, 0.15) is 6.04 Å². The van der Waals surface area contributed by atoms with E-state index in [1.54, 1.807) is 37.3 Å². The second-order valence-corrected chi connectivity index (χ2v) is 7.31. The van der Waals surface area contributed by atoms with E-state index < -0.39 is 6.04 Å². The van der Waals surface area contributed by atoms with Gasteiger partial charge in [-0.2, -0.15) is 0 Å². The summed E-state index contributed by atoms with van der Waals surface area (Å²) in [5, 5.41) is 2.96. The van der Waals surface area contributed by atoms with Gasteiger partial charge >= 0.3 is 0 Å². The van der Waals surface area contributed by atoms with Gasteiger partial charge in [-0.1, -0.05) is 30.3 Å². The standard InChI is InChI=1S/C24H24N2O5/c1-29-20-10-9-16(12-22(20)30-2)14-25-23(27)19-13-17-6-3-4-7-18(17)15-26(19)24(28)21-8-5-11-31-21/h3-12,19H,13-15H2,1-2H3,(H,25,27). The summed E-state index contributed by atoms with van der Waals surface area (Å²) in [5.41, 5.74) is 2.97. The monoisotopic (exact) mass is 420 g/mol. The minimum atomic E-state index is -0.632. The van der Waals surface area contributed by atoms with E-state index in [4.69, 9.17) is 13.9 Å². The van der Waals surface area contributed by atoms with E-state index in [1.807, 2.05) is 36.4 Å². The van der Waals surface area contributed by atoms with Crippen molar-refractivity contribution in [2.75, 3.05) is 14.2 Å². The first kappa shape index (κ1) is 20.5. The number of carbonyl (C=O) groups excluding carboxylic acids is 2. The van der Waals surface area contributed by atoms with Crippen LogP contribution in [0.25, 0.3) is 0 Å². The molecule has 0 fully saturated rings. The quantitative estimate of drug-likeness (QED) is 0.663. The van der Waals surface area contributed by atoms with Crippen LogP contribution in [0.15, 0.2) is 65.3 Å². The van der Waals surface area contributed by atoms with Gasteiger partial charge in [0, 0.05) is 19.5 Å². The molecule has 4 rings (SSSR count). The normalized spacial score (nSPS) is 15.2. The third-order valence-electron chi connectivity index (χ3n) is 5.46. The fraction of sp³-hybridized carbons (Fsp3) is 0.250. The molecule has 160 valence electrons. The van der Waals surface area contributed by atoms with E-state index in [0.717, 1.165) is 16.7 Å². The van der Waals surface area contributed by atoms with E-state index in [0.29, 0.717) is 31.0 Å². The Hall–Kier alpha value is -3.74. The predicted molar refractivity (Wildman–Crippen MR) is 114 cm³/mol. The van der Waals surface area contributed by atoms with Gasteiger partial charge in [0.25, 0.3) is 5.91 Å². The van der Waals surface area contributed by atoms with Crippen molar-refractivity contribution in [1.82, 2.24) is 10.2 Å². The number of benzene rings is 2. The van der Waals surface area contributed by atoms with Crippen LogP contribution in [0.4, 0.5) is 0 Å². The predicted octanol–water partition coefficient (Wildman–Crippen LogP) is 3.18. The number of ether oxygens (including phenoxy) is 2. The van der Waals surface area contributed by atoms with Gasteiger partial charge < -0.3 is 24.1 Å². The fourth-order valence-electron chi connectivity index (χ4n) is 3.81. The van der Waals surface area contributed by atoms with E-state index in [1.165, 1.54) is 6.26 Å². The highest BCUT2D eigenvalue weighted by atomic mass is 16.5. The fourth-order valence-corrected chi connectivity index (χ4v) is 3.81. The van der Waals surface area contributed by atoms with Crippen molar-refractivity contribution in [2.24, 2.45) is 0 Å². The summed E-state index contributed by atoms with van der Waals surface area (Å²) in [6, 6.07) is 16.0. The number of amides is 2. The van der Waals surface area contributed by atoms with Gasteiger partial charge in [-0.15, -0.1) is 0 Å². The van der Waals surface area contributed by atoms with Crippen LogP contribution >= 0.6 is 0 Å². The Kier molecular flexibility index (Phi) is 5.93. The van der Waals surface area contributed by atoms with E-state index >= 15 is 0 Å². The van der Waals surface area contributed by atoms with Crippen molar-refractivity contribution in [2.45, 2.75) is 25.6 Å². The molecule has 0 spiro atoms. The molecule has 2 aromatic carbocycles. The molecule has 2 amide bonds. The first-order valence-corrected chi connectivity index (χ1v) is 10.0. The Morgan fingerprint density at radius 2 is 1.81 bits per heavy atom. The average molecular weight is 420 g/mol. The number of furan rings is 1. The third kappa shape index (κ3) is 4.26.